The number of benzene rings is 3. The zero-order valence-corrected chi connectivity index (χ0v) is 15.7. The first-order valence-corrected chi connectivity index (χ1v) is 9.68. The molecule has 29 heavy (non-hydrogen) atoms. The number of hydrogen-bond acceptors (Lipinski definition) is 6. The van der Waals surface area contributed by atoms with Crippen LogP contribution in [0.1, 0.15) is 0 Å². The highest BCUT2D eigenvalue weighted by molar-refractivity contribution is 7.79. The molecule has 0 aliphatic heterocycles. The Morgan fingerprint density at radius 3 is 1.69 bits per heavy atom. The molecule has 0 saturated carbocycles. The second-order valence-corrected chi connectivity index (χ2v) is 7.09. The largest absolute Gasteiger partial charge is 0.507 e. The van der Waals surface area contributed by atoms with Gasteiger partial charge in [-0.1, -0.05) is 36.4 Å². The van der Waals surface area contributed by atoms with Crippen LogP contribution >= 0.6 is 0 Å². The molecular weight excluding hydrogens is 390 g/mol. The zero-order chi connectivity index (χ0) is 20.4. The summed E-state index contributed by atoms with van der Waals surface area (Å²) in [6.07, 6.45) is 0. The van der Waals surface area contributed by atoms with E-state index in [1.165, 1.54) is 24.3 Å². The molecule has 4 aromatic rings. The molecule has 0 saturated heterocycles. The summed E-state index contributed by atoms with van der Waals surface area (Å²) in [6, 6.07) is 19.6. The molecule has 144 valence electrons. The normalized spacial score (nSPS) is 11.9. The van der Waals surface area contributed by atoms with E-state index in [4.69, 9.17) is 0 Å². The lowest BCUT2D eigenvalue weighted by Crippen LogP contribution is -2.01. The van der Waals surface area contributed by atoms with E-state index >= 15 is 0 Å². The first kappa shape index (κ1) is 18.7. The molecule has 0 aliphatic carbocycles. The SMILES string of the molecule is O=S(O)c1cccc(-c2nc(-c3ccccc3O)nc(-c3ccccc3O)n2)c1. The van der Waals surface area contributed by atoms with Gasteiger partial charge in [-0.25, -0.2) is 19.2 Å². The molecule has 0 fully saturated rings. The molecule has 1 heterocycles. The molecule has 0 spiro atoms. The summed E-state index contributed by atoms with van der Waals surface area (Å²) < 4.78 is 20.8. The van der Waals surface area contributed by atoms with E-state index in [0.717, 1.165) is 0 Å². The Hall–Kier alpha value is -3.62. The van der Waals surface area contributed by atoms with Crippen molar-refractivity contribution < 1.29 is 19.0 Å². The van der Waals surface area contributed by atoms with E-state index in [2.05, 4.69) is 15.0 Å². The summed E-state index contributed by atoms with van der Waals surface area (Å²) in [7, 11) is 0. The lowest BCUT2D eigenvalue weighted by atomic mass is 10.1. The van der Waals surface area contributed by atoms with Crippen LogP contribution in [0, 0.1) is 0 Å². The molecule has 7 nitrogen and oxygen atoms in total. The maximum atomic E-state index is 11.4. The van der Waals surface area contributed by atoms with Crippen molar-refractivity contribution >= 4 is 11.1 Å². The highest BCUT2D eigenvalue weighted by atomic mass is 32.2. The van der Waals surface area contributed by atoms with Crippen LogP contribution in [-0.4, -0.2) is 33.9 Å². The Bertz CT molecular complexity index is 1170. The van der Waals surface area contributed by atoms with Crippen molar-refractivity contribution in [2.75, 3.05) is 0 Å². The summed E-state index contributed by atoms with van der Waals surface area (Å²) >= 11 is -2.15. The van der Waals surface area contributed by atoms with Gasteiger partial charge in [0.05, 0.1) is 16.0 Å². The quantitative estimate of drug-likeness (QED) is 0.441. The van der Waals surface area contributed by atoms with Crippen LogP contribution < -0.4 is 0 Å². The highest BCUT2D eigenvalue weighted by Gasteiger charge is 2.16. The fraction of sp³-hybridized carbons (Fsp3) is 0. The molecule has 4 rings (SSSR count). The fourth-order valence-corrected chi connectivity index (χ4v) is 3.24. The first-order chi connectivity index (χ1) is 14.0. The molecule has 0 amide bonds. The predicted molar refractivity (Wildman–Crippen MR) is 109 cm³/mol. The number of aromatic nitrogens is 3. The minimum absolute atomic E-state index is 0.00176. The maximum absolute atomic E-state index is 11.4. The van der Waals surface area contributed by atoms with Gasteiger partial charge in [0.15, 0.2) is 28.6 Å². The smallest absolute Gasteiger partial charge is 0.186 e. The minimum Gasteiger partial charge on any atom is -0.507 e. The third-order valence-electron chi connectivity index (χ3n) is 4.22. The molecule has 1 aromatic heterocycles. The molecule has 0 bridgehead atoms. The highest BCUT2D eigenvalue weighted by Crippen LogP contribution is 2.32. The Morgan fingerprint density at radius 1 is 0.655 bits per heavy atom. The Balaban J connectivity index is 1.96. The van der Waals surface area contributed by atoms with Gasteiger partial charge in [0.2, 0.25) is 0 Å². The van der Waals surface area contributed by atoms with Gasteiger partial charge in [0, 0.05) is 5.56 Å². The second-order valence-electron chi connectivity index (χ2n) is 6.12. The van der Waals surface area contributed by atoms with Gasteiger partial charge in [-0.15, -0.1) is 0 Å². The lowest BCUT2D eigenvalue weighted by Gasteiger charge is -2.10. The van der Waals surface area contributed by atoms with E-state index in [-0.39, 0.29) is 33.9 Å². The molecule has 0 radical (unpaired) electrons. The van der Waals surface area contributed by atoms with E-state index in [0.29, 0.717) is 16.7 Å². The minimum atomic E-state index is -2.15. The average Bonchev–Trinajstić information content (AvgIpc) is 2.74. The van der Waals surface area contributed by atoms with Gasteiger partial charge in [-0.3, -0.25) is 0 Å². The topological polar surface area (TPSA) is 116 Å². The molecule has 1 unspecified atom stereocenters. The number of phenolic OH excluding ortho intramolecular Hbond substituents is 2. The number of aromatic hydroxyl groups is 2. The van der Waals surface area contributed by atoms with Crippen molar-refractivity contribution in [3.63, 3.8) is 0 Å². The summed E-state index contributed by atoms with van der Waals surface area (Å²) in [4.78, 5) is 13.5. The van der Waals surface area contributed by atoms with Crippen LogP contribution in [0.2, 0.25) is 0 Å². The van der Waals surface area contributed by atoms with Crippen LogP contribution in [-0.2, 0) is 11.1 Å². The van der Waals surface area contributed by atoms with Crippen molar-refractivity contribution in [2.45, 2.75) is 4.90 Å². The van der Waals surface area contributed by atoms with Crippen LogP contribution in [0.5, 0.6) is 11.5 Å². The fourth-order valence-electron chi connectivity index (χ4n) is 2.82. The Morgan fingerprint density at radius 2 is 1.17 bits per heavy atom. The number of nitrogens with zero attached hydrogens (tertiary/aromatic N) is 3. The summed E-state index contributed by atoms with van der Waals surface area (Å²) in [5, 5.41) is 20.5. The van der Waals surface area contributed by atoms with Crippen molar-refractivity contribution in [2.24, 2.45) is 0 Å². The monoisotopic (exact) mass is 405 g/mol. The summed E-state index contributed by atoms with van der Waals surface area (Å²) in [6.45, 7) is 0. The third kappa shape index (κ3) is 3.84. The number of phenols is 2. The van der Waals surface area contributed by atoms with E-state index in [1.54, 1.807) is 48.5 Å². The van der Waals surface area contributed by atoms with Gasteiger partial charge >= 0.3 is 0 Å². The molecule has 8 heteroatoms. The standard InChI is InChI=1S/C21H15N3O4S/c25-17-10-3-1-8-15(17)20-22-19(13-6-5-7-14(12-13)29(27)28)23-21(24-20)16-9-2-4-11-18(16)26/h1-12,25-26H,(H,27,28). The van der Waals surface area contributed by atoms with Gasteiger partial charge in [0.25, 0.3) is 0 Å². The van der Waals surface area contributed by atoms with Crippen molar-refractivity contribution in [3.8, 4) is 45.7 Å². The van der Waals surface area contributed by atoms with Gasteiger partial charge in [0.1, 0.15) is 11.5 Å². The predicted octanol–water partition coefficient (Wildman–Crippen LogP) is 3.86. The zero-order valence-electron chi connectivity index (χ0n) is 14.9. The first-order valence-electron chi connectivity index (χ1n) is 8.57. The molecule has 1 atom stereocenters. The number of rotatable bonds is 4. The van der Waals surface area contributed by atoms with Crippen LogP contribution in [0.25, 0.3) is 34.2 Å². The van der Waals surface area contributed by atoms with Gasteiger partial charge in [-0.2, -0.15) is 0 Å². The Kier molecular flexibility index (Phi) is 5.03. The molecule has 3 aromatic carbocycles. The van der Waals surface area contributed by atoms with Crippen LogP contribution in [0.3, 0.4) is 0 Å². The van der Waals surface area contributed by atoms with Crippen molar-refractivity contribution in [1.82, 2.24) is 15.0 Å². The molecular formula is C21H15N3O4S. The van der Waals surface area contributed by atoms with Crippen molar-refractivity contribution in [1.29, 1.82) is 0 Å². The van der Waals surface area contributed by atoms with Crippen LogP contribution in [0.15, 0.2) is 77.7 Å². The summed E-state index contributed by atoms with van der Waals surface area (Å²) in [5.41, 5.74) is 1.30. The van der Waals surface area contributed by atoms with Crippen molar-refractivity contribution in [3.05, 3.63) is 72.8 Å². The number of para-hydroxylation sites is 2. The van der Waals surface area contributed by atoms with E-state index in [9.17, 15) is 19.0 Å². The summed E-state index contributed by atoms with van der Waals surface area (Å²) in [5.74, 6) is 0.656. The maximum Gasteiger partial charge on any atom is 0.186 e. The van der Waals surface area contributed by atoms with Gasteiger partial charge in [-0.05, 0) is 36.4 Å². The Labute approximate surface area is 168 Å². The van der Waals surface area contributed by atoms with E-state index in [1.807, 2.05) is 0 Å². The number of hydrogen-bond donors (Lipinski definition) is 3. The second kappa shape index (κ2) is 7.78. The lowest BCUT2D eigenvalue weighted by molar-refractivity contribution is 0.477. The molecule has 3 N–H and O–H groups in total. The van der Waals surface area contributed by atoms with Gasteiger partial charge < -0.3 is 14.8 Å². The van der Waals surface area contributed by atoms with E-state index < -0.39 is 11.1 Å². The average molecular weight is 405 g/mol. The molecule has 0 aliphatic rings. The van der Waals surface area contributed by atoms with Crippen LogP contribution in [0.4, 0.5) is 0 Å². The third-order valence-corrected chi connectivity index (χ3v) is 4.88.